The molecule has 0 atom stereocenters. The monoisotopic (exact) mass is 473 g/mol. The van der Waals surface area contributed by atoms with E-state index in [0.717, 1.165) is 45.0 Å². The Morgan fingerprint density at radius 1 is 0.812 bits per heavy atom. The Morgan fingerprint density at radius 3 is 1.78 bits per heavy atom. The summed E-state index contributed by atoms with van der Waals surface area (Å²) in [6.45, 7) is 1.88. The van der Waals surface area contributed by atoms with E-state index in [0.29, 0.717) is 11.9 Å². The van der Waals surface area contributed by atoms with Crippen LogP contribution in [0.1, 0.15) is 5.56 Å². The highest BCUT2D eigenvalue weighted by atomic mass is 32.2. The van der Waals surface area contributed by atoms with Crippen molar-refractivity contribution in [1.29, 1.82) is 0 Å². The van der Waals surface area contributed by atoms with Crippen LogP contribution in [0, 0.1) is 6.92 Å². The van der Waals surface area contributed by atoms with E-state index in [4.69, 9.17) is 9.54 Å². The summed E-state index contributed by atoms with van der Waals surface area (Å²) in [7, 11) is -6.97. The summed E-state index contributed by atoms with van der Waals surface area (Å²) in [5.74, 6) is 0. The number of pyridine rings is 1. The molecule has 0 amide bonds. The number of nitrogens with one attached hydrogen (secondary N) is 2. The molecule has 168 valence electrons. The van der Waals surface area contributed by atoms with Crippen molar-refractivity contribution in [3.8, 4) is 0 Å². The van der Waals surface area contributed by atoms with Crippen LogP contribution in [0.25, 0.3) is 21.8 Å². The van der Waals surface area contributed by atoms with Crippen LogP contribution in [0.3, 0.4) is 0 Å². The zero-order chi connectivity index (χ0) is 23.5. The van der Waals surface area contributed by atoms with Crippen molar-refractivity contribution in [2.75, 3.05) is 22.6 Å². The molecule has 0 saturated carbocycles. The van der Waals surface area contributed by atoms with Crippen molar-refractivity contribution in [1.82, 2.24) is 4.98 Å². The number of aryl methyl sites for hydroxylation is 1. The Balaban J connectivity index is 0.000000523. The van der Waals surface area contributed by atoms with Gasteiger partial charge in [-0.15, -0.1) is 0 Å². The van der Waals surface area contributed by atoms with Gasteiger partial charge >= 0.3 is 0 Å². The highest BCUT2D eigenvalue weighted by molar-refractivity contribution is 7.92. The van der Waals surface area contributed by atoms with Crippen LogP contribution in [-0.4, -0.2) is 38.9 Å². The molecule has 3 N–H and O–H groups in total. The van der Waals surface area contributed by atoms with Crippen molar-refractivity contribution in [3.05, 3.63) is 72.3 Å². The van der Waals surface area contributed by atoms with E-state index in [1.165, 1.54) is 0 Å². The molecule has 0 fully saturated rings. The molecule has 4 rings (SSSR count). The fourth-order valence-corrected chi connectivity index (χ4v) is 3.80. The minimum Gasteiger partial charge on any atom is -0.354 e. The molecule has 8 nitrogen and oxygen atoms in total. The molecule has 10 heteroatoms. The Hall–Kier alpha value is -3.21. The van der Waals surface area contributed by atoms with Crippen molar-refractivity contribution in [2.24, 2.45) is 0 Å². The van der Waals surface area contributed by atoms with E-state index >= 15 is 0 Å². The SMILES string of the molecule is CS(=O)(=O)O.Cc1cc(Nc2c3ccccc3nc3ccccc23)ccc1NS(C)(=O)=O. The van der Waals surface area contributed by atoms with Crippen LogP contribution in [-0.2, 0) is 20.1 Å². The summed E-state index contributed by atoms with van der Waals surface area (Å²) in [6.07, 6.45) is 1.86. The molecule has 0 bridgehead atoms. The summed E-state index contributed by atoms with van der Waals surface area (Å²) >= 11 is 0. The molecule has 0 radical (unpaired) electrons. The smallest absolute Gasteiger partial charge is 0.261 e. The summed E-state index contributed by atoms with van der Waals surface area (Å²) in [4.78, 5) is 4.74. The second kappa shape index (κ2) is 9.11. The van der Waals surface area contributed by atoms with Gasteiger partial charge in [-0.05, 0) is 42.8 Å². The van der Waals surface area contributed by atoms with Gasteiger partial charge < -0.3 is 5.32 Å². The first-order valence-corrected chi connectivity index (χ1v) is 13.2. The predicted octanol–water partition coefficient (Wildman–Crippen LogP) is 4.32. The minimum absolute atomic E-state index is 0.576. The highest BCUT2D eigenvalue weighted by Gasteiger charge is 2.10. The van der Waals surface area contributed by atoms with E-state index < -0.39 is 20.1 Å². The van der Waals surface area contributed by atoms with E-state index in [1.807, 2.05) is 67.6 Å². The number of fused-ring (bicyclic) bond motifs is 2. The van der Waals surface area contributed by atoms with Gasteiger partial charge in [-0.1, -0.05) is 36.4 Å². The average Bonchev–Trinajstić information content (AvgIpc) is 2.68. The molecule has 0 unspecified atom stereocenters. The molecule has 3 aromatic carbocycles. The number of anilines is 3. The Labute approximate surface area is 187 Å². The van der Waals surface area contributed by atoms with Crippen LogP contribution in [0.15, 0.2) is 66.7 Å². The van der Waals surface area contributed by atoms with Crippen LogP contribution in [0.5, 0.6) is 0 Å². The van der Waals surface area contributed by atoms with Gasteiger partial charge in [0, 0.05) is 16.5 Å². The first-order valence-electron chi connectivity index (χ1n) is 9.46. The van der Waals surface area contributed by atoms with Gasteiger partial charge in [0.1, 0.15) is 0 Å². The molecule has 0 aliphatic carbocycles. The van der Waals surface area contributed by atoms with Gasteiger partial charge in [0.05, 0.1) is 34.9 Å². The van der Waals surface area contributed by atoms with Crippen LogP contribution < -0.4 is 10.0 Å². The number of para-hydroxylation sites is 2. The normalized spacial score (nSPS) is 11.6. The summed E-state index contributed by atoms with van der Waals surface area (Å²) < 4.78 is 51.4. The van der Waals surface area contributed by atoms with Crippen molar-refractivity contribution in [2.45, 2.75) is 6.92 Å². The molecule has 0 spiro atoms. The molecular weight excluding hydrogens is 450 g/mol. The predicted molar refractivity (Wildman–Crippen MR) is 130 cm³/mol. The number of nitrogens with zero attached hydrogens (tertiary/aromatic N) is 1. The number of rotatable bonds is 4. The second-order valence-corrected chi connectivity index (χ2v) is 10.5. The Bertz CT molecular complexity index is 1440. The number of hydrogen-bond acceptors (Lipinski definition) is 6. The highest BCUT2D eigenvalue weighted by Crippen LogP contribution is 2.33. The molecule has 1 heterocycles. The third-order valence-electron chi connectivity index (χ3n) is 4.38. The van der Waals surface area contributed by atoms with Gasteiger partial charge in [-0.2, -0.15) is 8.42 Å². The van der Waals surface area contributed by atoms with Gasteiger partial charge in [0.2, 0.25) is 10.0 Å². The average molecular weight is 474 g/mol. The Kier molecular flexibility index (Phi) is 6.68. The van der Waals surface area contributed by atoms with Gasteiger partial charge in [0.15, 0.2) is 0 Å². The quantitative estimate of drug-likeness (QED) is 0.298. The zero-order valence-corrected chi connectivity index (χ0v) is 19.3. The third-order valence-corrected chi connectivity index (χ3v) is 4.97. The molecule has 32 heavy (non-hydrogen) atoms. The lowest BCUT2D eigenvalue weighted by Crippen LogP contribution is -2.10. The van der Waals surface area contributed by atoms with E-state index in [-0.39, 0.29) is 0 Å². The Morgan fingerprint density at radius 2 is 1.31 bits per heavy atom. The maximum atomic E-state index is 11.5. The van der Waals surface area contributed by atoms with Crippen molar-refractivity contribution >= 4 is 59.0 Å². The number of hydrogen-bond donors (Lipinski definition) is 3. The summed E-state index contributed by atoms with van der Waals surface area (Å²) in [6, 6.07) is 21.6. The van der Waals surface area contributed by atoms with Crippen LogP contribution in [0.2, 0.25) is 0 Å². The fourth-order valence-electron chi connectivity index (χ4n) is 3.17. The number of benzene rings is 3. The van der Waals surface area contributed by atoms with E-state index in [9.17, 15) is 16.8 Å². The van der Waals surface area contributed by atoms with Crippen molar-refractivity contribution < 1.29 is 21.4 Å². The maximum absolute atomic E-state index is 11.5. The first-order chi connectivity index (χ1) is 14.9. The second-order valence-electron chi connectivity index (χ2n) is 7.28. The van der Waals surface area contributed by atoms with Crippen LogP contribution >= 0.6 is 0 Å². The van der Waals surface area contributed by atoms with E-state index in [2.05, 4.69) is 10.0 Å². The minimum atomic E-state index is -3.67. The lowest BCUT2D eigenvalue weighted by Gasteiger charge is -2.15. The number of sulfonamides is 1. The van der Waals surface area contributed by atoms with Gasteiger partial charge in [-0.25, -0.2) is 13.4 Å². The van der Waals surface area contributed by atoms with Crippen molar-refractivity contribution in [3.63, 3.8) is 0 Å². The lowest BCUT2D eigenvalue weighted by molar-refractivity contribution is 0.490. The molecule has 0 saturated heterocycles. The largest absolute Gasteiger partial charge is 0.354 e. The topological polar surface area (TPSA) is 125 Å². The third kappa shape index (κ3) is 6.39. The molecule has 1 aromatic heterocycles. The zero-order valence-electron chi connectivity index (χ0n) is 17.7. The first kappa shape index (κ1) is 23.5. The lowest BCUT2D eigenvalue weighted by atomic mass is 10.1. The summed E-state index contributed by atoms with van der Waals surface area (Å²) in [5, 5.41) is 5.57. The van der Waals surface area contributed by atoms with Crippen LogP contribution in [0.4, 0.5) is 17.1 Å². The molecule has 0 aliphatic heterocycles. The molecule has 0 aliphatic rings. The fraction of sp³-hybridized carbons (Fsp3) is 0.136. The maximum Gasteiger partial charge on any atom is 0.261 e. The summed E-state index contributed by atoms with van der Waals surface area (Å²) in [5.41, 5.74) is 5.13. The molecule has 4 aromatic rings. The molecular formula is C22H23N3O5S2. The standard InChI is InChI=1S/C21H19N3O2S.CH4O3S/c1-14-13-15(11-12-18(14)24-27(2,25)26)22-21-16-7-3-5-9-19(16)23-20-10-6-4-8-17(20)21;1-5(2,3)4/h3-13,24H,1-2H3,(H,22,23);1H3,(H,2,3,4). The van der Waals surface area contributed by atoms with Gasteiger partial charge in [-0.3, -0.25) is 9.27 Å². The van der Waals surface area contributed by atoms with E-state index in [1.54, 1.807) is 6.07 Å². The number of aromatic nitrogens is 1. The van der Waals surface area contributed by atoms with Gasteiger partial charge in [0.25, 0.3) is 10.1 Å².